The third-order valence-corrected chi connectivity index (χ3v) is 7.75. The van der Waals surface area contributed by atoms with Gasteiger partial charge in [-0.25, -0.2) is 0 Å². The maximum absolute atomic E-state index is 11.3. The lowest BCUT2D eigenvalue weighted by Crippen LogP contribution is -2.07. The Morgan fingerprint density at radius 2 is 1.14 bits per heavy atom. The van der Waals surface area contributed by atoms with Crippen molar-refractivity contribution in [1.29, 1.82) is 0 Å². The van der Waals surface area contributed by atoms with Crippen molar-refractivity contribution in [2.24, 2.45) is 0 Å². The molecule has 190 valence electrons. The number of hydrogen-bond acceptors (Lipinski definition) is 2. The van der Waals surface area contributed by atoms with Gasteiger partial charge in [-0.05, 0) is 94.0 Å². The number of hydrogen-bond donors (Lipinski definition) is 2. The average Bonchev–Trinajstić information content (AvgIpc) is 2.88. The lowest BCUT2D eigenvalue weighted by molar-refractivity contribution is 0.475. The number of phenolic OH excluding ortho intramolecular Hbond substituents is 2. The Bertz CT molecular complexity index is 1290. The summed E-state index contributed by atoms with van der Waals surface area (Å²) in [6.45, 7) is 9.06. The van der Waals surface area contributed by atoms with E-state index in [1.807, 2.05) is 24.3 Å². The largest absolute Gasteiger partial charge is 0.508 e. The van der Waals surface area contributed by atoms with E-state index in [1.54, 1.807) is 0 Å². The quantitative estimate of drug-likeness (QED) is 0.209. The number of aromatic hydroxyl groups is 2. The van der Waals surface area contributed by atoms with E-state index in [2.05, 4.69) is 64.1 Å². The van der Waals surface area contributed by atoms with Gasteiger partial charge in [0.1, 0.15) is 11.5 Å². The van der Waals surface area contributed by atoms with Crippen molar-refractivity contribution in [3.05, 3.63) is 71.8 Å². The van der Waals surface area contributed by atoms with Gasteiger partial charge in [0.2, 0.25) is 0 Å². The van der Waals surface area contributed by atoms with Gasteiger partial charge in [-0.2, -0.15) is 0 Å². The van der Waals surface area contributed by atoms with Gasteiger partial charge >= 0.3 is 0 Å². The summed E-state index contributed by atoms with van der Waals surface area (Å²) >= 11 is 0. The van der Waals surface area contributed by atoms with E-state index in [9.17, 15) is 10.2 Å². The molecule has 0 unspecified atom stereocenters. The Balaban J connectivity index is 2.26. The molecular weight excluding hydrogens is 440 g/mol. The van der Waals surface area contributed by atoms with Gasteiger partial charge in [-0.1, -0.05) is 95.8 Å². The highest BCUT2D eigenvalue weighted by Crippen LogP contribution is 2.50. The molecule has 4 aromatic carbocycles. The van der Waals surface area contributed by atoms with Crippen LogP contribution in [0.5, 0.6) is 11.5 Å². The Morgan fingerprint density at radius 3 is 1.72 bits per heavy atom. The summed E-state index contributed by atoms with van der Waals surface area (Å²) in [5.41, 5.74) is 4.68. The van der Waals surface area contributed by atoms with E-state index in [1.165, 1.54) is 32.7 Å². The molecule has 0 aliphatic heterocycles. The molecule has 0 amide bonds. The maximum Gasteiger partial charge on any atom is 0.124 e. The van der Waals surface area contributed by atoms with Gasteiger partial charge in [-0.15, -0.1) is 0 Å². The molecule has 0 aliphatic rings. The fourth-order valence-corrected chi connectivity index (χ4v) is 6.39. The van der Waals surface area contributed by atoms with E-state index < -0.39 is 0 Å². The van der Waals surface area contributed by atoms with Gasteiger partial charge in [0, 0.05) is 5.56 Å². The maximum atomic E-state index is 11.3. The van der Waals surface area contributed by atoms with E-state index >= 15 is 0 Å². The van der Waals surface area contributed by atoms with Crippen molar-refractivity contribution in [3.63, 3.8) is 0 Å². The minimum absolute atomic E-state index is 0.324. The molecular formula is C34H42O2. The second kappa shape index (κ2) is 11.8. The molecule has 4 aromatic rings. The average molecular weight is 483 g/mol. The minimum atomic E-state index is 0.324. The summed E-state index contributed by atoms with van der Waals surface area (Å²) in [5.74, 6) is 1.46. The second-order valence-corrected chi connectivity index (χ2v) is 10.4. The molecule has 2 heteroatoms. The van der Waals surface area contributed by atoms with Crippen LogP contribution in [-0.2, 0) is 0 Å². The first-order valence-electron chi connectivity index (χ1n) is 14.0. The van der Waals surface area contributed by atoms with Crippen LogP contribution in [0.15, 0.2) is 60.7 Å². The van der Waals surface area contributed by atoms with Gasteiger partial charge in [0.05, 0.1) is 0 Å². The first kappa shape index (κ1) is 26.1. The lowest BCUT2D eigenvalue weighted by atomic mass is 9.76. The molecule has 4 rings (SSSR count). The molecule has 0 saturated carbocycles. The van der Waals surface area contributed by atoms with Crippen LogP contribution in [0, 0.1) is 0 Å². The van der Waals surface area contributed by atoms with Crippen LogP contribution in [0.25, 0.3) is 32.7 Å². The fraction of sp³-hybridized carbons (Fsp3) is 0.412. The van der Waals surface area contributed by atoms with Crippen LogP contribution in [-0.4, -0.2) is 10.2 Å². The minimum Gasteiger partial charge on any atom is -0.508 e. The molecule has 0 spiro atoms. The van der Waals surface area contributed by atoms with E-state index in [-0.39, 0.29) is 0 Å². The highest BCUT2D eigenvalue weighted by Gasteiger charge is 2.26. The normalized spacial score (nSPS) is 11.8. The Hall–Kier alpha value is -3.00. The topological polar surface area (TPSA) is 40.5 Å². The van der Waals surface area contributed by atoms with Crippen molar-refractivity contribution in [3.8, 4) is 22.6 Å². The summed E-state index contributed by atoms with van der Waals surface area (Å²) in [7, 11) is 0. The Morgan fingerprint density at radius 1 is 0.583 bits per heavy atom. The molecule has 0 saturated heterocycles. The van der Waals surface area contributed by atoms with Crippen LogP contribution in [0.1, 0.15) is 102 Å². The summed E-state index contributed by atoms with van der Waals surface area (Å²) in [6, 6.07) is 20.4. The molecule has 0 fully saturated rings. The van der Waals surface area contributed by atoms with Crippen LogP contribution >= 0.6 is 0 Å². The zero-order valence-corrected chi connectivity index (χ0v) is 22.5. The third kappa shape index (κ3) is 4.96. The van der Waals surface area contributed by atoms with Crippen molar-refractivity contribution < 1.29 is 10.2 Å². The molecule has 2 nitrogen and oxygen atoms in total. The van der Waals surface area contributed by atoms with E-state index in [0.717, 1.165) is 62.5 Å². The van der Waals surface area contributed by atoms with Gasteiger partial charge in [-0.3, -0.25) is 0 Å². The monoisotopic (exact) mass is 482 g/mol. The molecule has 2 N–H and O–H groups in total. The number of rotatable bonds is 11. The van der Waals surface area contributed by atoms with Crippen LogP contribution in [0.2, 0.25) is 0 Å². The molecule has 0 heterocycles. The third-order valence-electron chi connectivity index (χ3n) is 7.75. The van der Waals surface area contributed by atoms with Crippen LogP contribution in [0.3, 0.4) is 0 Å². The van der Waals surface area contributed by atoms with Crippen LogP contribution in [0.4, 0.5) is 0 Å². The lowest BCUT2D eigenvalue weighted by Gasteiger charge is -2.28. The number of benzene rings is 4. The highest BCUT2D eigenvalue weighted by molar-refractivity contribution is 6.13. The highest BCUT2D eigenvalue weighted by atomic mass is 16.3. The van der Waals surface area contributed by atoms with E-state index in [4.69, 9.17) is 0 Å². The zero-order chi connectivity index (χ0) is 25.7. The molecule has 36 heavy (non-hydrogen) atoms. The zero-order valence-electron chi connectivity index (χ0n) is 22.5. The molecule has 0 bridgehead atoms. The summed E-state index contributed by atoms with van der Waals surface area (Å²) in [4.78, 5) is 0. The molecule has 0 radical (unpaired) electrons. The summed E-state index contributed by atoms with van der Waals surface area (Å²) in [6.07, 6.45) is 8.90. The first-order valence-corrected chi connectivity index (χ1v) is 14.0. The smallest absolute Gasteiger partial charge is 0.124 e. The predicted molar refractivity (Wildman–Crippen MR) is 155 cm³/mol. The van der Waals surface area contributed by atoms with Crippen molar-refractivity contribution in [2.45, 2.75) is 90.9 Å². The fourth-order valence-electron chi connectivity index (χ4n) is 6.39. The Kier molecular flexibility index (Phi) is 8.56. The van der Waals surface area contributed by atoms with Gasteiger partial charge in [0.15, 0.2) is 0 Å². The SMILES string of the molecule is CCCC(CCC)c1c2cc(O)ccc2c(C(CCC)CCC)c2c(-c3ccccc3)c(O)ccc12. The Labute approximate surface area is 217 Å². The molecule has 0 aromatic heterocycles. The van der Waals surface area contributed by atoms with Gasteiger partial charge in [0.25, 0.3) is 0 Å². The second-order valence-electron chi connectivity index (χ2n) is 10.4. The van der Waals surface area contributed by atoms with E-state index in [0.29, 0.717) is 23.3 Å². The summed E-state index contributed by atoms with van der Waals surface area (Å²) < 4.78 is 0. The first-order chi connectivity index (χ1) is 17.5. The van der Waals surface area contributed by atoms with Crippen molar-refractivity contribution in [2.75, 3.05) is 0 Å². The predicted octanol–water partition coefficient (Wildman–Crippen LogP) is 10.4. The standard InChI is InChI=1S/C34H42O2/c1-5-12-23(13-6-2)31-28-20-21-30(36)33(25-16-10-9-11-17-25)34(28)32(24(14-7-3)15-8-4)27-19-18-26(35)22-29(27)31/h9-11,16-24,35-36H,5-8,12-15H2,1-4H3. The van der Waals surface area contributed by atoms with Crippen molar-refractivity contribution >= 4 is 21.5 Å². The van der Waals surface area contributed by atoms with Crippen molar-refractivity contribution in [1.82, 2.24) is 0 Å². The molecule has 0 atom stereocenters. The van der Waals surface area contributed by atoms with Crippen LogP contribution < -0.4 is 0 Å². The number of phenols is 2. The summed E-state index contributed by atoms with van der Waals surface area (Å²) in [5, 5.41) is 26.9. The van der Waals surface area contributed by atoms with Gasteiger partial charge < -0.3 is 10.2 Å². The number of fused-ring (bicyclic) bond motifs is 2. The molecule has 0 aliphatic carbocycles.